The average molecular weight is 626 g/mol. The molecule has 0 radical (unpaired) electrons. The molecule has 8 rings (SSSR count). The van der Waals surface area contributed by atoms with Gasteiger partial charge in [0.05, 0.1) is 0 Å². The van der Waals surface area contributed by atoms with Crippen molar-refractivity contribution in [2.24, 2.45) is 35.5 Å². The maximum atomic E-state index is 7.27. The molecule has 8 aliphatic rings. The number of hydrogen-bond acceptors (Lipinski definition) is 5. The first-order chi connectivity index (χ1) is 18.3. The van der Waals surface area contributed by atoms with Crippen LogP contribution in [0, 0.1) is 35.5 Å². The summed E-state index contributed by atoms with van der Waals surface area (Å²) in [4.78, 5) is 0. The zero-order chi connectivity index (χ0) is 24.3. The minimum atomic E-state index is -2.41. The van der Waals surface area contributed by atoms with Gasteiger partial charge in [0.1, 0.15) is 0 Å². The molecule has 4 heterocycles. The first-order valence-electron chi connectivity index (χ1n) is 16.8. The summed E-state index contributed by atoms with van der Waals surface area (Å²) < 4.78 is 27.1. The van der Waals surface area contributed by atoms with Crippen LogP contribution in [0.25, 0.3) is 0 Å². The van der Waals surface area contributed by atoms with Crippen LogP contribution in [0.1, 0.15) is 116 Å². The summed E-state index contributed by atoms with van der Waals surface area (Å²) in [5.41, 5.74) is 0. The van der Waals surface area contributed by atoms with Crippen molar-refractivity contribution in [1.82, 2.24) is 7.21 Å². The second-order valence-corrected chi connectivity index (χ2v) is 24.5. The minimum absolute atomic E-state index is 0.492. The zero-order valence-corrected chi connectivity index (χ0v) is 28.0. The van der Waals surface area contributed by atoms with E-state index in [0.717, 1.165) is 35.5 Å². The molecule has 0 N–H and O–H groups in total. The summed E-state index contributed by atoms with van der Waals surface area (Å²) in [5, 5.41) is 0. The molecular formula is C30H50Ga2N2O3. The van der Waals surface area contributed by atoms with Gasteiger partial charge in [-0.05, 0) is 0 Å². The van der Waals surface area contributed by atoms with Crippen LogP contribution in [-0.4, -0.2) is 79.0 Å². The van der Waals surface area contributed by atoms with Crippen molar-refractivity contribution >= 4 is 34.4 Å². The van der Waals surface area contributed by atoms with Crippen molar-refractivity contribution in [3.05, 3.63) is 0 Å². The quantitative estimate of drug-likeness (QED) is 0.363. The molecule has 4 aliphatic carbocycles. The van der Waals surface area contributed by atoms with Crippen molar-refractivity contribution < 1.29 is 9.38 Å². The van der Waals surface area contributed by atoms with Crippen molar-refractivity contribution in [1.29, 1.82) is 0 Å². The number of rotatable bonds is 4. The fraction of sp³-hybridized carbons (Fsp3) is 1.00. The Kier molecular flexibility index (Phi) is 7.69. The molecule has 8 atom stereocenters. The summed E-state index contributed by atoms with van der Waals surface area (Å²) in [6.45, 7) is 2.52. The SMILES string of the molecule is C1CCC(C2CCC3[O][Ga]([O][Ga]4[O]C5CCC(C6CCCCC6)C6CCC[N]4C56)[N]4CCCC2C34)CC1. The monoisotopic (exact) mass is 624 g/mol. The van der Waals surface area contributed by atoms with Gasteiger partial charge in [0.2, 0.25) is 0 Å². The van der Waals surface area contributed by atoms with E-state index >= 15 is 0 Å². The standard InChI is InChI=1S/2C15H25NO.2Ga.O/c2*17-14-9-8-12(11-5-2-1-3-6-11)13-7-4-10-16-15(13)14;;;/h2*11-15H,1-10H2;;;/q2*-2;2*+2;. The molecule has 204 valence electrons. The molecule has 0 spiro atoms. The molecular weight excluding hydrogens is 576 g/mol. The Bertz CT molecular complexity index is 744. The Balaban J connectivity index is 0.967. The number of piperidine rings is 2. The molecule has 37 heavy (non-hydrogen) atoms. The Labute approximate surface area is 238 Å². The Morgan fingerprint density at radius 3 is 1.38 bits per heavy atom. The molecule has 4 aliphatic heterocycles. The third-order valence-electron chi connectivity index (χ3n) is 12.8. The first kappa shape index (κ1) is 25.8. The van der Waals surface area contributed by atoms with Gasteiger partial charge in [-0.25, -0.2) is 0 Å². The van der Waals surface area contributed by atoms with E-state index in [0.29, 0.717) is 24.3 Å². The normalized spacial score (nSPS) is 45.7. The maximum absolute atomic E-state index is 7.27. The molecule has 8 unspecified atom stereocenters. The predicted octanol–water partition coefficient (Wildman–Crippen LogP) is 5.91. The van der Waals surface area contributed by atoms with E-state index in [1.165, 1.54) is 129 Å². The van der Waals surface area contributed by atoms with Gasteiger partial charge in [-0.1, -0.05) is 0 Å². The van der Waals surface area contributed by atoms with Crippen LogP contribution in [0.15, 0.2) is 0 Å². The van der Waals surface area contributed by atoms with Gasteiger partial charge in [0, 0.05) is 0 Å². The van der Waals surface area contributed by atoms with Gasteiger partial charge < -0.3 is 0 Å². The Morgan fingerprint density at radius 1 is 0.459 bits per heavy atom. The molecule has 0 bridgehead atoms. The third-order valence-corrected chi connectivity index (χ3v) is 26.1. The van der Waals surface area contributed by atoms with Crippen LogP contribution in [0.4, 0.5) is 0 Å². The van der Waals surface area contributed by atoms with E-state index in [9.17, 15) is 0 Å². The molecule has 8 fully saturated rings. The Morgan fingerprint density at radius 2 is 0.919 bits per heavy atom. The van der Waals surface area contributed by atoms with Crippen molar-refractivity contribution in [2.45, 2.75) is 140 Å². The van der Waals surface area contributed by atoms with Crippen LogP contribution >= 0.6 is 0 Å². The first-order valence-corrected chi connectivity index (χ1v) is 23.0. The van der Waals surface area contributed by atoms with Gasteiger partial charge in [-0.3, -0.25) is 0 Å². The number of hydrogen-bond donors (Lipinski definition) is 0. The summed E-state index contributed by atoms with van der Waals surface area (Å²) in [5.74, 6) is 5.75. The molecule has 0 amide bonds. The second-order valence-electron chi connectivity index (χ2n) is 14.4. The Hall–Kier alpha value is 1.07. The summed E-state index contributed by atoms with van der Waals surface area (Å²) >= 11 is -4.83. The van der Waals surface area contributed by atoms with Crippen molar-refractivity contribution in [3.63, 3.8) is 0 Å². The van der Waals surface area contributed by atoms with Crippen LogP contribution in [-0.2, 0) is 9.38 Å². The fourth-order valence-corrected chi connectivity index (χ4v) is 27.4. The van der Waals surface area contributed by atoms with Crippen LogP contribution in [0.5, 0.6) is 0 Å². The van der Waals surface area contributed by atoms with E-state index in [-0.39, 0.29) is 0 Å². The molecule has 0 aromatic carbocycles. The van der Waals surface area contributed by atoms with E-state index < -0.39 is 34.4 Å². The topological polar surface area (TPSA) is 34.2 Å². The molecule has 0 aromatic heterocycles. The molecule has 4 saturated carbocycles. The van der Waals surface area contributed by atoms with Crippen LogP contribution in [0.2, 0.25) is 0 Å². The van der Waals surface area contributed by atoms with E-state index in [1.54, 1.807) is 0 Å². The third kappa shape index (κ3) is 4.65. The van der Waals surface area contributed by atoms with Gasteiger partial charge in [-0.15, -0.1) is 0 Å². The van der Waals surface area contributed by atoms with Gasteiger partial charge in [0.25, 0.3) is 0 Å². The average Bonchev–Trinajstić information content (AvgIpc) is 3.50. The van der Waals surface area contributed by atoms with Crippen molar-refractivity contribution in [2.75, 3.05) is 13.1 Å². The second kappa shape index (κ2) is 11.1. The summed E-state index contributed by atoms with van der Waals surface area (Å²) in [6, 6.07) is 1.41. The van der Waals surface area contributed by atoms with E-state index in [2.05, 4.69) is 7.21 Å². The molecule has 0 aromatic rings. The van der Waals surface area contributed by atoms with Gasteiger partial charge in [-0.2, -0.15) is 0 Å². The molecule has 5 nitrogen and oxygen atoms in total. The van der Waals surface area contributed by atoms with Gasteiger partial charge in [0.15, 0.2) is 0 Å². The van der Waals surface area contributed by atoms with E-state index in [4.69, 9.17) is 9.38 Å². The van der Waals surface area contributed by atoms with Crippen LogP contribution < -0.4 is 0 Å². The summed E-state index contributed by atoms with van der Waals surface area (Å²) in [7, 11) is 0. The molecule has 7 heteroatoms. The van der Waals surface area contributed by atoms with Crippen molar-refractivity contribution in [3.8, 4) is 0 Å². The summed E-state index contributed by atoms with van der Waals surface area (Å²) in [6.07, 6.45) is 27.1. The van der Waals surface area contributed by atoms with E-state index in [1.807, 2.05) is 0 Å². The predicted molar refractivity (Wildman–Crippen MR) is 147 cm³/mol. The molecule has 4 saturated heterocycles. The van der Waals surface area contributed by atoms with Gasteiger partial charge >= 0.3 is 239 Å². The fourth-order valence-electron chi connectivity index (χ4n) is 11.4. The number of nitrogens with zero attached hydrogens (tertiary/aromatic N) is 2. The van der Waals surface area contributed by atoms with Crippen LogP contribution in [0.3, 0.4) is 0 Å². The zero-order valence-electron chi connectivity index (χ0n) is 23.2.